The number of rotatable bonds is 3. The van der Waals surface area contributed by atoms with Gasteiger partial charge in [0.15, 0.2) is 0 Å². The van der Waals surface area contributed by atoms with Crippen molar-refractivity contribution in [3.05, 3.63) is 16.1 Å². The fraction of sp³-hybridized carbons (Fsp3) is 0.765. The number of hydrogen-bond acceptors (Lipinski definition) is 4. The van der Waals surface area contributed by atoms with Gasteiger partial charge in [0.05, 0.1) is 17.0 Å². The molecule has 1 N–H and O–H groups in total. The van der Waals surface area contributed by atoms with Crippen LogP contribution in [0.15, 0.2) is 6.20 Å². The Bertz CT molecular complexity index is 522. The van der Waals surface area contributed by atoms with E-state index in [-0.39, 0.29) is 5.91 Å². The van der Waals surface area contributed by atoms with Crippen LogP contribution in [0.4, 0.5) is 0 Å². The van der Waals surface area contributed by atoms with Crippen LogP contribution < -0.4 is 0 Å². The van der Waals surface area contributed by atoms with Gasteiger partial charge in [0.2, 0.25) is 5.91 Å². The largest absolute Gasteiger partial charge is 0.389 e. The van der Waals surface area contributed by atoms with Gasteiger partial charge in [-0.05, 0) is 32.6 Å². The average Bonchev–Trinajstić information content (AvgIpc) is 2.94. The van der Waals surface area contributed by atoms with Crippen LogP contribution in [0.2, 0.25) is 0 Å². The van der Waals surface area contributed by atoms with E-state index in [2.05, 4.69) is 11.9 Å². The predicted molar refractivity (Wildman–Crippen MR) is 88.1 cm³/mol. The fourth-order valence-electron chi connectivity index (χ4n) is 3.75. The lowest BCUT2D eigenvalue weighted by Crippen LogP contribution is -2.44. The lowest BCUT2D eigenvalue weighted by molar-refractivity contribution is -0.139. The number of carbonyl (C=O) groups excluding carboxylic acids is 1. The molecule has 1 aromatic rings. The van der Waals surface area contributed by atoms with Crippen LogP contribution in [0.25, 0.3) is 0 Å². The minimum Gasteiger partial charge on any atom is -0.389 e. The summed E-state index contributed by atoms with van der Waals surface area (Å²) in [4.78, 5) is 20.3. The van der Waals surface area contributed by atoms with Crippen molar-refractivity contribution in [1.29, 1.82) is 0 Å². The lowest BCUT2D eigenvalue weighted by atomic mass is 9.82. The van der Waals surface area contributed by atoms with Crippen molar-refractivity contribution in [2.45, 2.75) is 69.8 Å². The third-order valence-electron chi connectivity index (χ3n) is 5.03. The Morgan fingerprint density at radius 2 is 2.18 bits per heavy atom. The second kappa shape index (κ2) is 6.67. The molecule has 3 rings (SSSR count). The summed E-state index contributed by atoms with van der Waals surface area (Å²) in [6, 6.07) is 0. The molecular weight excluding hydrogens is 296 g/mol. The zero-order valence-corrected chi connectivity index (χ0v) is 14.2. The van der Waals surface area contributed by atoms with E-state index in [0.717, 1.165) is 56.6 Å². The summed E-state index contributed by atoms with van der Waals surface area (Å²) in [5, 5.41) is 11.8. The minimum atomic E-state index is -0.750. The second-order valence-electron chi connectivity index (χ2n) is 6.95. The molecule has 1 atom stereocenters. The van der Waals surface area contributed by atoms with E-state index in [1.54, 1.807) is 11.3 Å². The third-order valence-corrected chi connectivity index (χ3v) is 6.10. The lowest BCUT2D eigenvalue weighted by Gasteiger charge is -2.36. The number of nitrogens with zero attached hydrogens (tertiary/aromatic N) is 2. The third kappa shape index (κ3) is 3.69. The predicted octanol–water partition coefficient (Wildman–Crippen LogP) is 3.24. The van der Waals surface area contributed by atoms with Crippen molar-refractivity contribution in [3.8, 4) is 0 Å². The van der Waals surface area contributed by atoms with Crippen LogP contribution in [0.5, 0.6) is 0 Å². The van der Waals surface area contributed by atoms with Crippen LogP contribution >= 0.6 is 11.3 Å². The van der Waals surface area contributed by atoms with E-state index in [9.17, 15) is 9.90 Å². The summed E-state index contributed by atoms with van der Waals surface area (Å²) in [7, 11) is 0. The Morgan fingerprint density at radius 1 is 1.41 bits per heavy atom. The van der Waals surface area contributed by atoms with Gasteiger partial charge in [-0.15, -0.1) is 11.3 Å². The number of likely N-dealkylation sites (tertiary alicyclic amines) is 1. The van der Waals surface area contributed by atoms with Gasteiger partial charge in [0.1, 0.15) is 0 Å². The number of aryl methyl sites for hydroxylation is 1. The molecule has 4 nitrogen and oxygen atoms in total. The Hall–Kier alpha value is -0.940. The fourth-order valence-corrected chi connectivity index (χ4v) is 4.65. The number of amides is 1. The van der Waals surface area contributed by atoms with E-state index in [1.807, 2.05) is 11.1 Å². The highest BCUT2D eigenvalue weighted by atomic mass is 32.1. The SMILES string of the molecule is Cc1cnc(C2CCCN(C(=O)CC3(O)CCCCC3)C2)s1. The summed E-state index contributed by atoms with van der Waals surface area (Å²) in [6.07, 6.45) is 9.21. The van der Waals surface area contributed by atoms with Crippen molar-refractivity contribution >= 4 is 17.2 Å². The summed E-state index contributed by atoms with van der Waals surface area (Å²) >= 11 is 1.74. The first-order valence-corrected chi connectivity index (χ1v) is 9.30. The van der Waals surface area contributed by atoms with Crippen molar-refractivity contribution in [1.82, 2.24) is 9.88 Å². The number of aromatic nitrogens is 1. The van der Waals surface area contributed by atoms with Crippen LogP contribution in [-0.2, 0) is 4.79 Å². The standard InChI is InChI=1S/C17H26N2O2S/c1-13-11-18-16(22-13)14-6-5-9-19(12-14)15(20)10-17(21)7-3-2-4-8-17/h11,14,21H,2-10,12H2,1H3. The van der Waals surface area contributed by atoms with Gasteiger partial charge in [0, 0.05) is 30.1 Å². The Balaban J connectivity index is 1.60. The highest BCUT2D eigenvalue weighted by Gasteiger charge is 2.35. The molecule has 0 aromatic carbocycles. The molecule has 1 aliphatic carbocycles. The van der Waals surface area contributed by atoms with Gasteiger partial charge < -0.3 is 10.0 Å². The van der Waals surface area contributed by atoms with Crippen molar-refractivity contribution in [2.75, 3.05) is 13.1 Å². The first kappa shape index (κ1) is 15.9. The number of aliphatic hydroxyl groups is 1. The molecule has 1 saturated heterocycles. The first-order chi connectivity index (χ1) is 10.6. The summed E-state index contributed by atoms with van der Waals surface area (Å²) in [5.74, 6) is 0.500. The Morgan fingerprint density at radius 3 is 2.86 bits per heavy atom. The zero-order valence-electron chi connectivity index (χ0n) is 13.4. The number of piperidine rings is 1. The number of hydrogen-bond donors (Lipinski definition) is 1. The highest BCUT2D eigenvalue weighted by Crippen LogP contribution is 2.33. The highest BCUT2D eigenvalue weighted by molar-refractivity contribution is 7.11. The topological polar surface area (TPSA) is 53.4 Å². The van der Waals surface area contributed by atoms with Gasteiger partial charge >= 0.3 is 0 Å². The Labute approximate surface area is 136 Å². The smallest absolute Gasteiger partial charge is 0.225 e. The zero-order chi connectivity index (χ0) is 15.6. The maximum absolute atomic E-state index is 12.6. The van der Waals surface area contributed by atoms with E-state index >= 15 is 0 Å². The molecule has 1 unspecified atom stereocenters. The van der Waals surface area contributed by atoms with Crippen molar-refractivity contribution < 1.29 is 9.90 Å². The van der Waals surface area contributed by atoms with Gasteiger partial charge in [-0.3, -0.25) is 4.79 Å². The molecule has 122 valence electrons. The molecule has 1 amide bonds. The monoisotopic (exact) mass is 322 g/mol. The molecule has 0 bridgehead atoms. The molecule has 22 heavy (non-hydrogen) atoms. The van der Waals surface area contributed by atoms with Crippen LogP contribution in [0.3, 0.4) is 0 Å². The number of thiazole rings is 1. The first-order valence-electron chi connectivity index (χ1n) is 8.48. The second-order valence-corrected chi connectivity index (χ2v) is 8.22. The van der Waals surface area contributed by atoms with E-state index in [0.29, 0.717) is 12.3 Å². The van der Waals surface area contributed by atoms with Crippen molar-refractivity contribution in [2.24, 2.45) is 0 Å². The van der Waals surface area contributed by atoms with E-state index in [1.165, 1.54) is 11.3 Å². The average molecular weight is 322 g/mol. The molecular formula is C17H26N2O2S. The molecule has 2 aliphatic rings. The van der Waals surface area contributed by atoms with Gasteiger partial charge in [0.25, 0.3) is 0 Å². The maximum atomic E-state index is 12.6. The van der Waals surface area contributed by atoms with Crippen molar-refractivity contribution in [3.63, 3.8) is 0 Å². The summed E-state index contributed by atoms with van der Waals surface area (Å²) < 4.78 is 0. The van der Waals surface area contributed by atoms with E-state index in [4.69, 9.17) is 0 Å². The number of carbonyl (C=O) groups is 1. The molecule has 1 saturated carbocycles. The molecule has 2 fully saturated rings. The maximum Gasteiger partial charge on any atom is 0.225 e. The minimum absolute atomic E-state index is 0.127. The molecule has 2 heterocycles. The molecule has 5 heteroatoms. The van der Waals surface area contributed by atoms with E-state index < -0.39 is 5.60 Å². The van der Waals surface area contributed by atoms with Crippen LogP contribution in [-0.4, -0.2) is 39.6 Å². The van der Waals surface area contributed by atoms with Gasteiger partial charge in [-0.25, -0.2) is 4.98 Å². The molecule has 0 spiro atoms. The summed E-state index contributed by atoms with van der Waals surface area (Å²) in [6.45, 7) is 3.67. The quantitative estimate of drug-likeness (QED) is 0.929. The molecule has 1 aliphatic heterocycles. The Kier molecular flexibility index (Phi) is 4.83. The van der Waals surface area contributed by atoms with Gasteiger partial charge in [-0.2, -0.15) is 0 Å². The summed E-state index contributed by atoms with van der Waals surface area (Å²) in [5.41, 5.74) is -0.750. The normalized spacial score (nSPS) is 25.2. The molecule has 1 aromatic heterocycles. The van der Waals surface area contributed by atoms with Crippen LogP contribution in [0.1, 0.15) is 67.2 Å². The molecule has 0 radical (unpaired) electrons. The van der Waals surface area contributed by atoms with Gasteiger partial charge in [-0.1, -0.05) is 19.3 Å². The van der Waals surface area contributed by atoms with Crippen LogP contribution in [0, 0.1) is 6.92 Å².